The molecule has 0 atom stereocenters. The summed E-state index contributed by atoms with van der Waals surface area (Å²) in [5.41, 5.74) is 2.21. The van der Waals surface area contributed by atoms with Crippen LogP contribution in [0.15, 0.2) is 57.2 Å². The molecule has 0 spiro atoms. The Morgan fingerprint density at radius 1 is 0.967 bits per heavy atom. The Kier molecular flexibility index (Phi) is 8.12. The number of esters is 1. The molecular formula is C20H19N3O4S3. The van der Waals surface area contributed by atoms with E-state index < -0.39 is 5.97 Å². The van der Waals surface area contributed by atoms with Crippen molar-refractivity contribution in [2.75, 3.05) is 25.3 Å². The van der Waals surface area contributed by atoms with Gasteiger partial charge >= 0.3 is 5.97 Å². The van der Waals surface area contributed by atoms with E-state index in [0.29, 0.717) is 11.3 Å². The fourth-order valence-corrected chi connectivity index (χ4v) is 5.09. The minimum Gasteiger partial charge on any atom is -0.497 e. The van der Waals surface area contributed by atoms with Gasteiger partial charge in [-0.1, -0.05) is 47.0 Å². The molecule has 0 saturated carbocycles. The van der Waals surface area contributed by atoms with Crippen LogP contribution in [-0.4, -0.2) is 42.0 Å². The molecular weight excluding hydrogens is 442 g/mol. The summed E-state index contributed by atoms with van der Waals surface area (Å²) in [6.45, 7) is 0. The van der Waals surface area contributed by atoms with Crippen LogP contribution in [-0.2, 0) is 15.3 Å². The van der Waals surface area contributed by atoms with Crippen molar-refractivity contribution >= 4 is 52.4 Å². The Hall–Kier alpha value is -2.56. The molecule has 7 nitrogen and oxygen atoms in total. The van der Waals surface area contributed by atoms with Crippen molar-refractivity contribution in [2.24, 2.45) is 0 Å². The van der Waals surface area contributed by atoms with Gasteiger partial charge in [0, 0.05) is 11.4 Å². The minimum absolute atomic E-state index is 0.159. The first-order valence-corrected chi connectivity index (χ1v) is 11.6. The molecule has 0 saturated heterocycles. The SMILES string of the molecule is COC(=O)c1ccc(NC(=O)CSc2nnc(SCc3ccc(OC)cc3)s2)cc1. The summed E-state index contributed by atoms with van der Waals surface area (Å²) >= 11 is 4.40. The van der Waals surface area contributed by atoms with Gasteiger partial charge in [-0.25, -0.2) is 4.79 Å². The Morgan fingerprint density at radius 3 is 2.27 bits per heavy atom. The van der Waals surface area contributed by atoms with Crippen molar-refractivity contribution in [2.45, 2.75) is 14.4 Å². The average molecular weight is 462 g/mol. The van der Waals surface area contributed by atoms with Crippen molar-refractivity contribution in [3.63, 3.8) is 0 Å². The number of aromatic nitrogens is 2. The number of nitrogens with zero attached hydrogens (tertiary/aromatic N) is 2. The largest absolute Gasteiger partial charge is 0.497 e. The zero-order chi connectivity index (χ0) is 21.3. The van der Waals surface area contributed by atoms with E-state index in [1.807, 2.05) is 24.3 Å². The Bertz CT molecular complexity index is 991. The summed E-state index contributed by atoms with van der Waals surface area (Å²) in [7, 11) is 2.97. The third-order valence-electron chi connectivity index (χ3n) is 3.83. The van der Waals surface area contributed by atoms with Gasteiger partial charge in [0.15, 0.2) is 8.68 Å². The van der Waals surface area contributed by atoms with E-state index in [4.69, 9.17) is 4.74 Å². The molecule has 0 aliphatic rings. The van der Waals surface area contributed by atoms with Gasteiger partial charge in [-0.3, -0.25) is 4.79 Å². The Labute approximate surface area is 186 Å². The van der Waals surface area contributed by atoms with Crippen LogP contribution in [0.5, 0.6) is 5.75 Å². The van der Waals surface area contributed by atoms with E-state index >= 15 is 0 Å². The first kappa shape index (κ1) is 22.1. The van der Waals surface area contributed by atoms with Crippen LogP contribution in [0.1, 0.15) is 15.9 Å². The van der Waals surface area contributed by atoms with Crippen LogP contribution in [0, 0.1) is 0 Å². The van der Waals surface area contributed by atoms with E-state index in [1.165, 1.54) is 35.8 Å². The number of hydrogen-bond donors (Lipinski definition) is 1. The topological polar surface area (TPSA) is 90.4 Å². The lowest BCUT2D eigenvalue weighted by atomic mass is 10.2. The number of benzene rings is 2. The van der Waals surface area contributed by atoms with Crippen molar-refractivity contribution in [3.05, 3.63) is 59.7 Å². The normalized spacial score (nSPS) is 10.5. The third-order valence-corrected chi connectivity index (χ3v) is 7.09. The maximum Gasteiger partial charge on any atom is 0.337 e. The summed E-state index contributed by atoms with van der Waals surface area (Å²) < 4.78 is 11.4. The number of amides is 1. The van der Waals surface area contributed by atoms with Crippen LogP contribution in [0.2, 0.25) is 0 Å². The minimum atomic E-state index is -0.416. The quantitative estimate of drug-likeness (QED) is 0.371. The van der Waals surface area contributed by atoms with Crippen LogP contribution in [0.4, 0.5) is 5.69 Å². The fourth-order valence-electron chi connectivity index (χ4n) is 2.31. The second-order valence-electron chi connectivity index (χ2n) is 5.88. The number of carbonyl (C=O) groups is 2. The Balaban J connectivity index is 1.44. The number of ether oxygens (including phenoxy) is 2. The molecule has 1 amide bonds. The van der Waals surface area contributed by atoms with Gasteiger partial charge in [-0.05, 0) is 42.0 Å². The maximum atomic E-state index is 12.1. The predicted octanol–water partition coefficient (Wildman–Crippen LogP) is 4.36. The average Bonchev–Trinajstić information content (AvgIpc) is 3.24. The van der Waals surface area contributed by atoms with Gasteiger partial charge in [-0.15, -0.1) is 10.2 Å². The third kappa shape index (κ3) is 6.48. The molecule has 1 aromatic heterocycles. The molecule has 0 fully saturated rings. The van der Waals surface area contributed by atoms with Crippen molar-refractivity contribution in [1.82, 2.24) is 10.2 Å². The second kappa shape index (κ2) is 11.0. The van der Waals surface area contributed by atoms with Crippen LogP contribution < -0.4 is 10.1 Å². The highest BCUT2D eigenvalue weighted by atomic mass is 32.2. The lowest BCUT2D eigenvalue weighted by Gasteiger charge is -2.05. The molecule has 0 aliphatic heterocycles. The van der Waals surface area contributed by atoms with E-state index in [1.54, 1.807) is 43.1 Å². The molecule has 3 aromatic rings. The highest BCUT2D eigenvalue weighted by molar-refractivity contribution is 8.03. The molecule has 156 valence electrons. The molecule has 3 rings (SSSR count). The lowest BCUT2D eigenvalue weighted by molar-refractivity contribution is -0.113. The molecule has 0 radical (unpaired) electrons. The van der Waals surface area contributed by atoms with Gasteiger partial charge in [0.05, 0.1) is 25.5 Å². The highest BCUT2D eigenvalue weighted by Crippen LogP contribution is 2.31. The van der Waals surface area contributed by atoms with Gasteiger partial charge in [0.2, 0.25) is 5.91 Å². The van der Waals surface area contributed by atoms with E-state index in [2.05, 4.69) is 20.3 Å². The zero-order valence-electron chi connectivity index (χ0n) is 16.3. The molecule has 0 bridgehead atoms. The number of methoxy groups -OCH3 is 2. The molecule has 0 aliphatic carbocycles. The number of thioether (sulfide) groups is 2. The first-order valence-electron chi connectivity index (χ1n) is 8.77. The lowest BCUT2D eigenvalue weighted by Crippen LogP contribution is -2.14. The van der Waals surface area contributed by atoms with Gasteiger partial charge < -0.3 is 14.8 Å². The van der Waals surface area contributed by atoms with Gasteiger partial charge in [-0.2, -0.15) is 0 Å². The van der Waals surface area contributed by atoms with Crippen LogP contribution in [0.3, 0.4) is 0 Å². The first-order chi connectivity index (χ1) is 14.6. The van der Waals surface area contributed by atoms with Crippen molar-refractivity contribution in [3.8, 4) is 5.75 Å². The fraction of sp³-hybridized carbons (Fsp3) is 0.200. The molecule has 2 aromatic carbocycles. The smallest absolute Gasteiger partial charge is 0.337 e. The van der Waals surface area contributed by atoms with Crippen LogP contribution in [0.25, 0.3) is 0 Å². The summed E-state index contributed by atoms with van der Waals surface area (Å²) in [5.74, 6) is 1.26. The van der Waals surface area contributed by atoms with Gasteiger partial charge in [0.25, 0.3) is 0 Å². The van der Waals surface area contributed by atoms with E-state index in [-0.39, 0.29) is 11.7 Å². The number of carbonyl (C=O) groups excluding carboxylic acids is 2. The van der Waals surface area contributed by atoms with E-state index in [0.717, 1.165) is 20.2 Å². The highest BCUT2D eigenvalue weighted by Gasteiger charge is 2.10. The van der Waals surface area contributed by atoms with Crippen molar-refractivity contribution in [1.29, 1.82) is 0 Å². The molecule has 10 heteroatoms. The molecule has 1 N–H and O–H groups in total. The Morgan fingerprint density at radius 2 is 1.63 bits per heavy atom. The van der Waals surface area contributed by atoms with Crippen LogP contribution >= 0.6 is 34.9 Å². The maximum absolute atomic E-state index is 12.1. The number of anilines is 1. The standard InChI is InChI=1S/C20H19N3O4S3/c1-26-16-9-3-13(4-10-16)11-28-19-22-23-20(30-19)29-12-17(24)21-15-7-5-14(6-8-15)18(25)27-2/h3-10H,11-12H2,1-2H3,(H,21,24). The molecule has 30 heavy (non-hydrogen) atoms. The molecule has 1 heterocycles. The number of nitrogens with one attached hydrogen (secondary N) is 1. The second-order valence-corrected chi connectivity index (χ2v) is 9.30. The zero-order valence-corrected chi connectivity index (χ0v) is 18.7. The monoisotopic (exact) mass is 461 g/mol. The predicted molar refractivity (Wildman–Crippen MR) is 120 cm³/mol. The summed E-state index contributed by atoms with van der Waals surface area (Å²) in [5, 5.41) is 11.1. The summed E-state index contributed by atoms with van der Waals surface area (Å²) in [6, 6.07) is 14.4. The summed E-state index contributed by atoms with van der Waals surface area (Å²) in [4.78, 5) is 23.6. The number of hydrogen-bond acceptors (Lipinski definition) is 9. The van der Waals surface area contributed by atoms with Gasteiger partial charge in [0.1, 0.15) is 5.75 Å². The van der Waals surface area contributed by atoms with E-state index in [9.17, 15) is 9.59 Å². The number of rotatable bonds is 9. The summed E-state index contributed by atoms with van der Waals surface area (Å²) in [6.07, 6.45) is 0. The molecule has 0 unspecified atom stereocenters. The van der Waals surface area contributed by atoms with Crippen molar-refractivity contribution < 1.29 is 19.1 Å².